The Bertz CT molecular complexity index is 1520. The number of carbonyl (C=O) groups excluding carboxylic acids is 3. The number of aromatic nitrogens is 1. The molecule has 2 aromatic carbocycles. The average Bonchev–Trinajstić information content (AvgIpc) is 3.37. The van der Waals surface area contributed by atoms with Crippen molar-refractivity contribution in [3.05, 3.63) is 65.9 Å². The van der Waals surface area contributed by atoms with Crippen molar-refractivity contribution in [1.82, 2.24) is 20.9 Å². The lowest BCUT2D eigenvalue weighted by atomic mass is 10.0. The van der Waals surface area contributed by atoms with E-state index in [1.807, 2.05) is 24.3 Å². The van der Waals surface area contributed by atoms with Gasteiger partial charge in [0.15, 0.2) is 0 Å². The lowest BCUT2D eigenvalue weighted by Gasteiger charge is -2.25. The third kappa shape index (κ3) is 9.55. The van der Waals surface area contributed by atoms with Crippen LogP contribution in [-0.2, 0) is 41.6 Å². The van der Waals surface area contributed by atoms with E-state index in [4.69, 9.17) is 10.8 Å². The number of hydrogen-bond donors (Lipinski definition) is 9. The summed E-state index contributed by atoms with van der Waals surface area (Å²) in [6.45, 7) is 0. The van der Waals surface area contributed by atoms with Crippen LogP contribution in [0.25, 0.3) is 10.9 Å². The van der Waals surface area contributed by atoms with E-state index in [-0.39, 0.29) is 25.0 Å². The number of fused-ring (bicyclic) bond motifs is 1. The maximum absolute atomic E-state index is 13.4. The van der Waals surface area contributed by atoms with E-state index < -0.39 is 72.6 Å². The van der Waals surface area contributed by atoms with Gasteiger partial charge in [-0.05, 0) is 42.2 Å². The first-order valence-electron chi connectivity index (χ1n) is 13.5. The molecule has 4 unspecified atom stereocenters. The topological polar surface area (TPSA) is 261 Å². The zero-order valence-corrected chi connectivity index (χ0v) is 23.4. The molecule has 15 nitrogen and oxygen atoms in total. The fourth-order valence-corrected chi connectivity index (χ4v) is 4.44. The van der Waals surface area contributed by atoms with Gasteiger partial charge in [0.25, 0.3) is 0 Å². The first-order chi connectivity index (χ1) is 20.8. The molecule has 1 heterocycles. The van der Waals surface area contributed by atoms with Crippen LogP contribution in [0.1, 0.15) is 30.4 Å². The standard InChI is InChI=1S/C29H33N5O10/c30-19(12-16-14-31-20-4-2-1-3-18(16)20)26(40)32-21(9-10-24(36)37)27(41)33-22(11-15-5-7-17(35)8-6-15)28(42)34-23(29(43)44)13-25(38)39/h1-8,14,19,21-23,31,35H,9-13,30H2,(H,32,40)(H,33,41)(H,34,42)(H,36,37)(H,38,39)(H,43,44). The highest BCUT2D eigenvalue weighted by Gasteiger charge is 2.31. The zero-order valence-electron chi connectivity index (χ0n) is 23.4. The maximum atomic E-state index is 13.4. The quantitative estimate of drug-likeness (QED) is 0.103. The van der Waals surface area contributed by atoms with Crippen LogP contribution in [0, 0.1) is 0 Å². The number of rotatable bonds is 16. The Morgan fingerprint density at radius 3 is 2.00 bits per heavy atom. The minimum Gasteiger partial charge on any atom is -0.508 e. The van der Waals surface area contributed by atoms with E-state index >= 15 is 0 Å². The fourth-order valence-electron chi connectivity index (χ4n) is 4.44. The van der Waals surface area contributed by atoms with E-state index in [2.05, 4.69) is 20.9 Å². The number of aliphatic carboxylic acids is 3. The number of carboxylic acid groups (broad SMARTS) is 3. The molecule has 0 spiro atoms. The minimum absolute atomic E-state index is 0.0772. The first-order valence-corrected chi connectivity index (χ1v) is 13.5. The number of amides is 3. The van der Waals surface area contributed by atoms with Crippen LogP contribution < -0.4 is 21.7 Å². The van der Waals surface area contributed by atoms with Crippen LogP contribution in [0.3, 0.4) is 0 Å². The van der Waals surface area contributed by atoms with Gasteiger partial charge in [-0.2, -0.15) is 0 Å². The Labute approximate surface area is 250 Å². The molecule has 0 aliphatic carbocycles. The molecule has 3 rings (SSSR count). The number of benzene rings is 2. The van der Waals surface area contributed by atoms with Crippen molar-refractivity contribution in [3.63, 3.8) is 0 Å². The van der Waals surface area contributed by atoms with Gasteiger partial charge in [-0.25, -0.2) is 4.79 Å². The van der Waals surface area contributed by atoms with Gasteiger partial charge in [0.1, 0.15) is 23.9 Å². The molecule has 0 saturated heterocycles. The van der Waals surface area contributed by atoms with E-state index in [0.717, 1.165) is 16.5 Å². The number of carbonyl (C=O) groups is 6. The second-order valence-corrected chi connectivity index (χ2v) is 10.1. The van der Waals surface area contributed by atoms with E-state index in [1.165, 1.54) is 24.3 Å². The molecule has 15 heteroatoms. The maximum Gasteiger partial charge on any atom is 0.326 e. The summed E-state index contributed by atoms with van der Waals surface area (Å²) in [7, 11) is 0. The van der Waals surface area contributed by atoms with E-state index in [9.17, 15) is 44.1 Å². The summed E-state index contributed by atoms with van der Waals surface area (Å²) >= 11 is 0. The summed E-state index contributed by atoms with van der Waals surface area (Å²) in [6, 6.07) is 7.02. The van der Waals surface area contributed by atoms with Crippen LogP contribution in [-0.4, -0.2) is 85.2 Å². The largest absolute Gasteiger partial charge is 0.508 e. The first kappa shape index (κ1) is 33.1. The molecular formula is C29H33N5O10. The summed E-state index contributed by atoms with van der Waals surface area (Å²) in [4.78, 5) is 76.5. The number of nitrogens with two attached hydrogens (primary N) is 1. The van der Waals surface area contributed by atoms with Gasteiger partial charge < -0.3 is 47.1 Å². The monoisotopic (exact) mass is 611 g/mol. The van der Waals surface area contributed by atoms with Gasteiger partial charge in [-0.1, -0.05) is 30.3 Å². The van der Waals surface area contributed by atoms with Crippen LogP contribution >= 0.6 is 0 Å². The van der Waals surface area contributed by atoms with Crippen molar-refractivity contribution in [1.29, 1.82) is 0 Å². The molecule has 10 N–H and O–H groups in total. The molecule has 234 valence electrons. The average molecular weight is 612 g/mol. The Kier molecular flexibility index (Phi) is 11.4. The Morgan fingerprint density at radius 2 is 1.36 bits per heavy atom. The highest BCUT2D eigenvalue weighted by atomic mass is 16.4. The van der Waals surface area contributed by atoms with Crippen LogP contribution in [0.2, 0.25) is 0 Å². The zero-order chi connectivity index (χ0) is 32.4. The Morgan fingerprint density at radius 1 is 0.750 bits per heavy atom. The van der Waals surface area contributed by atoms with Gasteiger partial charge in [0.2, 0.25) is 17.7 Å². The number of aromatic hydroxyl groups is 1. The number of carboxylic acids is 3. The summed E-state index contributed by atoms with van der Waals surface area (Å²) in [6.07, 6.45) is -0.256. The van der Waals surface area contributed by atoms with Crippen molar-refractivity contribution >= 4 is 46.5 Å². The van der Waals surface area contributed by atoms with E-state index in [0.29, 0.717) is 5.56 Å². The summed E-state index contributed by atoms with van der Waals surface area (Å²) < 4.78 is 0. The molecule has 1 aromatic heterocycles. The number of nitrogens with one attached hydrogen (secondary N) is 4. The van der Waals surface area contributed by atoms with Crippen molar-refractivity contribution in [2.45, 2.75) is 56.3 Å². The smallest absolute Gasteiger partial charge is 0.326 e. The third-order valence-electron chi connectivity index (χ3n) is 6.73. The number of para-hydroxylation sites is 1. The van der Waals surface area contributed by atoms with Gasteiger partial charge in [-0.3, -0.25) is 24.0 Å². The second-order valence-electron chi connectivity index (χ2n) is 10.1. The van der Waals surface area contributed by atoms with Crippen molar-refractivity contribution in [3.8, 4) is 5.75 Å². The highest BCUT2D eigenvalue weighted by Crippen LogP contribution is 2.19. The van der Waals surface area contributed by atoms with Gasteiger partial charge in [0.05, 0.1) is 12.5 Å². The molecular weight excluding hydrogens is 578 g/mol. The van der Waals surface area contributed by atoms with Crippen LogP contribution in [0.15, 0.2) is 54.7 Å². The third-order valence-corrected chi connectivity index (χ3v) is 6.73. The number of phenols is 1. The lowest BCUT2D eigenvalue weighted by Crippen LogP contribution is -2.58. The van der Waals surface area contributed by atoms with Crippen LogP contribution in [0.4, 0.5) is 0 Å². The minimum atomic E-state index is -1.82. The second kappa shape index (κ2) is 15.2. The summed E-state index contributed by atoms with van der Waals surface area (Å²) in [5.41, 5.74) is 8.14. The molecule has 0 aliphatic rings. The molecule has 3 aromatic rings. The Hall–Kier alpha value is -5.44. The molecule has 0 aliphatic heterocycles. The normalized spacial score (nSPS) is 13.7. The summed E-state index contributed by atoms with van der Waals surface area (Å²) in [5.74, 6) is -7.19. The van der Waals surface area contributed by atoms with Crippen molar-refractivity contribution in [2.24, 2.45) is 5.73 Å². The SMILES string of the molecule is NC(Cc1c[nH]c2ccccc12)C(=O)NC(CCC(=O)O)C(=O)NC(Cc1ccc(O)cc1)C(=O)NC(CC(=O)O)C(=O)O. The number of hydrogen-bond acceptors (Lipinski definition) is 8. The molecule has 3 amide bonds. The van der Waals surface area contributed by atoms with Crippen molar-refractivity contribution in [2.75, 3.05) is 0 Å². The van der Waals surface area contributed by atoms with Crippen LogP contribution in [0.5, 0.6) is 5.75 Å². The molecule has 44 heavy (non-hydrogen) atoms. The van der Waals surface area contributed by atoms with Crippen molar-refractivity contribution < 1.29 is 49.2 Å². The molecule has 4 atom stereocenters. The Balaban J connectivity index is 1.79. The predicted octanol–water partition coefficient (Wildman–Crippen LogP) is -0.135. The van der Waals surface area contributed by atoms with E-state index in [1.54, 1.807) is 6.20 Å². The molecule has 0 radical (unpaired) electrons. The lowest BCUT2D eigenvalue weighted by molar-refractivity contribution is -0.147. The predicted molar refractivity (Wildman–Crippen MR) is 154 cm³/mol. The molecule has 0 saturated carbocycles. The molecule has 0 fully saturated rings. The van der Waals surface area contributed by atoms with Gasteiger partial charge in [0, 0.05) is 29.9 Å². The molecule has 0 bridgehead atoms. The van der Waals surface area contributed by atoms with Gasteiger partial charge in [-0.15, -0.1) is 0 Å². The number of H-pyrrole nitrogens is 1. The van der Waals surface area contributed by atoms with Gasteiger partial charge >= 0.3 is 17.9 Å². The number of phenolic OH excluding ortho intramolecular Hbond substituents is 1. The highest BCUT2D eigenvalue weighted by molar-refractivity contribution is 5.95. The summed E-state index contributed by atoms with van der Waals surface area (Å²) in [5, 5.41) is 45.0. The number of aromatic amines is 1. The fraction of sp³-hybridized carbons (Fsp3) is 0.310.